The van der Waals surface area contributed by atoms with Crippen LogP contribution in [0.3, 0.4) is 0 Å². The van der Waals surface area contributed by atoms with E-state index in [-0.39, 0.29) is 23.7 Å². The molecule has 6 nitrogen and oxygen atoms in total. The average molecular weight is 405 g/mol. The maximum Gasteiger partial charge on any atom is 0.338 e. The van der Waals surface area contributed by atoms with Crippen LogP contribution in [0.4, 0.5) is 5.69 Å². The van der Waals surface area contributed by atoms with E-state index in [2.05, 4.69) is 20.8 Å². The lowest BCUT2D eigenvalue weighted by Gasteiger charge is -2.18. The van der Waals surface area contributed by atoms with Gasteiger partial charge in [0.2, 0.25) is 0 Å². The van der Waals surface area contributed by atoms with Crippen LogP contribution in [0.1, 0.15) is 42.3 Å². The standard InChI is InChI=1S/C24H23NO5/c1-24(2,3)19-8-6-18(7-9-19)23(26)29-16-17-4-12-21(13-5-17)30-22-14-10-20(11-15-22)25(27)28/h4-15H,16H2,1-3H3. The first-order valence-corrected chi connectivity index (χ1v) is 9.51. The summed E-state index contributed by atoms with van der Waals surface area (Å²) < 4.78 is 11.1. The number of non-ortho nitro benzene ring substituents is 1. The molecule has 0 amide bonds. The predicted octanol–water partition coefficient (Wildman–Crippen LogP) is 6.04. The van der Waals surface area contributed by atoms with E-state index in [0.29, 0.717) is 17.1 Å². The second-order valence-corrected chi connectivity index (χ2v) is 7.90. The minimum Gasteiger partial charge on any atom is -0.457 e. The van der Waals surface area contributed by atoms with E-state index in [1.165, 1.54) is 12.1 Å². The molecule has 0 radical (unpaired) electrons. The highest BCUT2D eigenvalue weighted by molar-refractivity contribution is 5.89. The quantitative estimate of drug-likeness (QED) is 0.284. The molecule has 154 valence electrons. The SMILES string of the molecule is CC(C)(C)c1ccc(C(=O)OCc2ccc(Oc3ccc([N+](=O)[O-])cc3)cc2)cc1. The van der Waals surface area contributed by atoms with Crippen molar-refractivity contribution in [3.63, 3.8) is 0 Å². The van der Waals surface area contributed by atoms with Crippen LogP contribution in [-0.4, -0.2) is 10.9 Å². The first-order valence-electron chi connectivity index (χ1n) is 9.51. The van der Waals surface area contributed by atoms with Crippen molar-refractivity contribution in [2.75, 3.05) is 0 Å². The molecule has 0 aliphatic rings. The summed E-state index contributed by atoms with van der Waals surface area (Å²) in [5, 5.41) is 10.7. The lowest BCUT2D eigenvalue weighted by Crippen LogP contribution is -2.12. The van der Waals surface area contributed by atoms with Gasteiger partial charge in [0, 0.05) is 12.1 Å². The maximum absolute atomic E-state index is 12.3. The van der Waals surface area contributed by atoms with Crippen molar-refractivity contribution in [2.45, 2.75) is 32.8 Å². The van der Waals surface area contributed by atoms with Crippen LogP contribution in [0.25, 0.3) is 0 Å². The summed E-state index contributed by atoms with van der Waals surface area (Å²) in [5.41, 5.74) is 2.53. The van der Waals surface area contributed by atoms with Crippen LogP contribution in [0, 0.1) is 10.1 Å². The minimum absolute atomic E-state index is 0.00700. The van der Waals surface area contributed by atoms with Gasteiger partial charge >= 0.3 is 5.97 Å². The number of esters is 1. The number of nitro groups is 1. The number of rotatable bonds is 6. The molecule has 0 heterocycles. The first-order chi connectivity index (χ1) is 14.2. The number of carbonyl (C=O) groups excluding carboxylic acids is 1. The van der Waals surface area contributed by atoms with E-state index >= 15 is 0 Å². The van der Waals surface area contributed by atoms with Gasteiger partial charge in [-0.2, -0.15) is 0 Å². The summed E-state index contributed by atoms with van der Waals surface area (Å²) in [6.45, 7) is 6.51. The third-order valence-corrected chi connectivity index (χ3v) is 4.56. The summed E-state index contributed by atoms with van der Waals surface area (Å²) in [7, 11) is 0. The van der Waals surface area contributed by atoms with Crippen LogP contribution >= 0.6 is 0 Å². The first kappa shape index (κ1) is 21.0. The number of benzene rings is 3. The lowest BCUT2D eigenvalue weighted by molar-refractivity contribution is -0.384. The Morgan fingerprint density at radius 2 is 1.40 bits per heavy atom. The Morgan fingerprint density at radius 1 is 0.867 bits per heavy atom. The zero-order valence-corrected chi connectivity index (χ0v) is 17.1. The molecule has 0 saturated heterocycles. The van der Waals surface area contributed by atoms with Gasteiger partial charge in [-0.05, 0) is 52.9 Å². The molecule has 6 heteroatoms. The Bertz CT molecular complexity index is 1020. The molecule has 0 atom stereocenters. The topological polar surface area (TPSA) is 78.7 Å². The third kappa shape index (κ3) is 5.44. The smallest absolute Gasteiger partial charge is 0.338 e. The van der Waals surface area contributed by atoms with Crippen LogP contribution in [0.5, 0.6) is 11.5 Å². The van der Waals surface area contributed by atoms with Gasteiger partial charge in [-0.3, -0.25) is 10.1 Å². The van der Waals surface area contributed by atoms with Crippen molar-refractivity contribution in [1.29, 1.82) is 0 Å². The van der Waals surface area contributed by atoms with E-state index in [1.54, 1.807) is 48.5 Å². The van der Waals surface area contributed by atoms with Crippen molar-refractivity contribution in [1.82, 2.24) is 0 Å². The molecule has 0 fully saturated rings. The summed E-state index contributed by atoms with van der Waals surface area (Å²) in [4.78, 5) is 22.5. The Kier molecular flexibility index (Phi) is 6.16. The molecule has 30 heavy (non-hydrogen) atoms. The van der Waals surface area contributed by atoms with Gasteiger partial charge in [0.05, 0.1) is 10.5 Å². The zero-order chi connectivity index (χ0) is 21.7. The normalized spacial score (nSPS) is 11.0. The number of ether oxygens (including phenoxy) is 2. The minimum atomic E-state index is -0.460. The highest BCUT2D eigenvalue weighted by atomic mass is 16.6. The van der Waals surface area contributed by atoms with Gasteiger partial charge < -0.3 is 9.47 Å². The molecule has 0 unspecified atom stereocenters. The van der Waals surface area contributed by atoms with Crippen LogP contribution in [0.15, 0.2) is 72.8 Å². The van der Waals surface area contributed by atoms with Crippen LogP contribution < -0.4 is 4.74 Å². The van der Waals surface area contributed by atoms with Gasteiger partial charge in [-0.15, -0.1) is 0 Å². The van der Waals surface area contributed by atoms with Crippen LogP contribution in [-0.2, 0) is 16.8 Å². The Morgan fingerprint density at radius 3 is 1.90 bits per heavy atom. The maximum atomic E-state index is 12.3. The molecular weight excluding hydrogens is 382 g/mol. The molecule has 0 aliphatic carbocycles. The molecule has 3 aromatic carbocycles. The fourth-order valence-corrected chi connectivity index (χ4v) is 2.76. The third-order valence-electron chi connectivity index (χ3n) is 4.56. The fraction of sp³-hybridized carbons (Fsp3) is 0.208. The number of hydrogen-bond acceptors (Lipinski definition) is 5. The number of nitro benzene ring substituents is 1. The summed E-state index contributed by atoms with van der Waals surface area (Å²) in [6.07, 6.45) is 0. The van der Waals surface area contributed by atoms with E-state index in [9.17, 15) is 14.9 Å². The molecule has 0 aromatic heterocycles. The highest BCUT2D eigenvalue weighted by Crippen LogP contribution is 2.25. The van der Waals surface area contributed by atoms with Crippen molar-refractivity contribution in [3.05, 3.63) is 99.6 Å². The van der Waals surface area contributed by atoms with E-state index in [1.807, 2.05) is 12.1 Å². The number of carbonyl (C=O) groups is 1. The molecule has 0 spiro atoms. The lowest BCUT2D eigenvalue weighted by atomic mass is 9.87. The molecule has 3 rings (SSSR count). The molecule has 0 saturated carbocycles. The molecule has 0 N–H and O–H groups in total. The van der Waals surface area contributed by atoms with Gasteiger partial charge in [0.25, 0.3) is 5.69 Å². The second-order valence-electron chi connectivity index (χ2n) is 7.90. The fourth-order valence-electron chi connectivity index (χ4n) is 2.76. The average Bonchev–Trinajstić information content (AvgIpc) is 2.73. The van der Waals surface area contributed by atoms with E-state index < -0.39 is 4.92 Å². The Labute approximate surface area is 175 Å². The van der Waals surface area contributed by atoms with E-state index in [4.69, 9.17) is 9.47 Å². The summed E-state index contributed by atoms with van der Waals surface area (Å²) >= 11 is 0. The second kappa shape index (κ2) is 8.78. The molecule has 0 aliphatic heterocycles. The zero-order valence-electron chi connectivity index (χ0n) is 17.1. The van der Waals surface area contributed by atoms with Crippen molar-refractivity contribution < 1.29 is 19.2 Å². The molecular formula is C24H23NO5. The van der Waals surface area contributed by atoms with Gasteiger partial charge in [-0.25, -0.2) is 4.79 Å². The van der Waals surface area contributed by atoms with Gasteiger partial charge in [0.1, 0.15) is 18.1 Å². The number of hydrogen-bond donors (Lipinski definition) is 0. The number of nitrogens with zero attached hydrogens (tertiary/aromatic N) is 1. The predicted molar refractivity (Wildman–Crippen MR) is 114 cm³/mol. The monoisotopic (exact) mass is 405 g/mol. The van der Waals surface area contributed by atoms with Crippen molar-refractivity contribution >= 4 is 11.7 Å². The van der Waals surface area contributed by atoms with Gasteiger partial charge in [0.15, 0.2) is 0 Å². The van der Waals surface area contributed by atoms with Crippen molar-refractivity contribution in [2.24, 2.45) is 0 Å². The van der Waals surface area contributed by atoms with E-state index in [0.717, 1.165) is 11.1 Å². The highest BCUT2D eigenvalue weighted by Gasteiger charge is 2.15. The summed E-state index contributed by atoms with van der Waals surface area (Å²) in [5.74, 6) is 0.705. The molecule has 0 bridgehead atoms. The van der Waals surface area contributed by atoms with Crippen LogP contribution in [0.2, 0.25) is 0 Å². The van der Waals surface area contributed by atoms with Gasteiger partial charge in [-0.1, -0.05) is 45.0 Å². The Balaban J connectivity index is 1.55. The van der Waals surface area contributed by atoms with Crippen molar-refractivity contribution in [3.8, 4) is 11.5 Å². The Hall–Kier alpha value is -3.67. The largest absolute Gasteiger partial charge is 0.457 e. The summed E-state index contributed by atoms with van der Waals surface area (Å²) in [6, 6.07) is 20.4. The molecule has 3 aromatic rings.